The number of carbonyl (C=O) groups excluding carboxylic acids is 1. The van der Waals surface area contributed by atoms with Crippen molar-refractivity contribution in [3.05, 3.63) is 46.6 Å². The molecule has 4 aromatic rings. The smallest absolute Gasteiger partial charge is 0.254 e. The van der Waals surface area contributed by atoms with Gasteiger partial charge in [-0.2, -0.15) is 9.67 Å². The standard InChI is InChI=1S/C18H17N7O3S/c26-17(15-11-4-1-6-13(11)29-18(15)25-10-20-23-24-25)19-8-2-7-14-21-16(22-28-14)12-5-3-9-27-12/h3,5,9-10H,1-2,4,6-8H2,(H,19,26). The molecule has 1 amide bonds. The number of thiophene rings is 1. The largest absolute Gasteiger partial charge is 0.461 e. The second kappa shape index (κ2) is 7.59. The highest BCUT2D eigenvalue weighted by Crippen LogP contribution is 2.37. The van der Waals surface area contributed by atoms with E-state index in [0.717, 1.165) is 29.8 Å². The van der Waals surface area contributed by atoms with Crippen LogP contribution in [0, 0.1) is 0 Å². The van der Waals surface area contributed by atoms with Gasteiger partial charge in [-0.25, -0.2) is 0 Å². The number of carbonyl (C=O) groups is 1. The van der Waals surface area contributed by atoms with Crippen molar-refractivity contribution < 1.29 is 13.7 Å². The summed E-state index contributed by atoms with van der Waals surface area (Å²) in [6, 6.07) is 3.54. The number of tetrazole rings is 1. The summed E-state index contributed by atoms with van der Waals surface area (Å²) >= 11 is 1.59. The van der Waals surface area contributed by atoms with Gasteiger partial charge in [-0.05, 0) is 53.8 Å². The van der Waals surface area contributed by atoms with Crippen molar-refractivity contribution in [2.45, 2.75) is 32.1 Å². The third-order valence-corrected chi connectivity index (χ3v) is 6.03. The molecule has 0 saturated carbocycles. The molecular formula is C18H17N7O3S. The molecule has 0 fully saturated rings. The maximum absolute atomic E-state index is 12.9. The van der Waals surface area contributed by atoms with Crippen LogP contribution in [0.4, 0.5) is 0 Å². The van der Waals surface area contributed by atoms with Crippen LogP contribution < -0.4 is 5.32 Å². The maximum atomic E-state index is 12.9. The molecule has 4 heterocycles. The Morgan fingerprint density at radius 3 is 3.14 bits per heavy atom. The van der Waals surface area contributed by atoms with Crippen LogP contribution in [-0.4, -0.2) is 42.8 Å². The van der Waals surface area contributed by atoms with Gasteiger partial charge in [-0.15, -0.1) is 16.4 Å². The van der Waals surface area contributed by atoms with E-state index >= 15 is 0 Å². The van der Waals surface area contributed by atoms with E-state index in [1.54, 1.807) is 34.4 Å². The summed E-state index contributed by atoms with van der Waals surface area (Å²) in [4.78, 5) is 18.5. The summed E-state index contributed by atoms with van der Waals surface area (Å²) in [6.45, 7) is 0.497. The monoisotopic (exact) mass is 411 g/mol. The van der Waals surface area contributed by atoms with E-state index in [1.807, 2.05) is 0 Å². The van der Waals surface area contributed by atoms with E-state index in [9.17, 15) is 4.79 Å². The van der Waals surface area contributed by atoms with E-state index in [0.29, 0.717) is 42.4 Å². The molecule has 1 N–H and O–H groups in total. The van der Waals surface area contributed by atoms with Gasteiger partial charge in [0.05, 0.1) is 11.8 Å². The molecule has 1 aliphatic rings. The zero-order valence-electron chi connectivity index (χ0n) is 15.4. The van der Waals surface area contributed by atoms with Gasteiger partial charge in [-0.1, -0.05) is 5.16 Å². The number of aryl methyl sites for hydroxylation is 2. The molecule has 11 heteroatoms. The first-order valence-corrected chi connectivity index (χ1v) is 10.1. The normalized spacial score (nSPS) is 13.0. The lowest BCUT2D eigenvalue weighted by Crippen LogP contribution is -2.26. The minimum Gasteiger partial charge on any atom is -0.461 e. The van der Waals surface area contributed by atoms with Gasteiger partial charge < -0.3 is 14.3 Å². The Morgan fingerprint density at radius 1 is 1.34 bits per heavy atom. The summed E-state index contributed by atoms with van der Waals surface area (Å²) in [5.41, 5.74) is 1.81. The molecule has 4 aromatic heterocycles. The van der Waals surface area contributed by atoms with Gasteiger partial charge in [0.15, 0.2) is 5.76 Å². The molecule has 0 atom stereocenters. The average molecular weight is 411 g/mol. The molecule has 10 nitrogen and oxygen atoms in total. The Kier molecular flexibility index (Phi) is 4.64. The summed E-state index contributed by atoms with van der Waals surface area (Å²) in [5.74, 6) is 1.40. The minimum absolute atomic E-state index is 0.100. The lowest BCUT2D eigenvalue weighted by molar-refractivity contribution is 0.0952. The molecule has 0 unspecified atom stereocenters. The van der Waals surface area contributed by atoms with Crippen LogP contribution in [0.25, 0.3) is 16.6 Å². The van der Waals surface area contributed by atoms with Crippen LogP contribution in [0.1, 0.15) is 39.5 Å². The first-order valence-electron chi connectivity index (χ1n) is 9.32. The second-order valence-electron chi connectivity index (χ2n) is 6.64. The summed E-state index contributed by atoms with van der Waals surface area (Å²) < 4.78 is 12.1. The van der Waals surface area contributed by atoms with Crippen LogP contribution in [0.2, 0.25) is 0 Å². The first kappa shape index (κ1) is 17.7. The fourth-order valence-corrected chi connectivity index (χ4v) is 4.73. The number of nitrogens with zero attached hydrogens (tertiary/aromatic N) is 6. The first-order chi connectivity index (χ1) is 14.3. The van der Waals surface area contributed by atoms with Gasteiger partial charge >= 0.3 is 0 Å². The molecule has 0 aromatic carbocycles. The van der Waals surface area contributed by atoms with Crippen LogP contribution in [0.5, 0.6) is 0 Å². The van der Waals surface area contributed by atoms with Crippen molar-refractivity contribution in [3.8, 4) is 16.6 Å². The van der Waals surface area contributed by atoms with E-state index in [1.165, 1.54) is 11.2 Å². The predicted molar refractivity (Wildman–Crippen MR) is 102 cm³/mol. The Bertz CT molecular complexity index is 1110. The number of aromatic nitrogens is 6. The Hall–Kier alpha value is -3.34. The van der Waals surface area contributed by atoms with Crippen LogP contribution in [-0.2, 0) is 19.3 Å². The molecule has 29 heavy (non-hydrogen) atoms. The SMILES string of the molecule is O=C(NCCCc1nc(-c2ccco2)no1)c1c(-n2cnnn2)sc2c1CCC2. The summed E-state index contributed by atoms with van der Waals surface area (Å²) in [7, 11) is 0. The van der Waals surface area contributed by atoms with E-state index in [-0.39, 0.29) is 5.91 Å². The maximum Gasteiger partial charge on any atom is 0.254 e. The van der Waals surface area contributed by atoms with Gasteiger partial charge in [0.1, 0.15) is 11.3 Å². The topological polar surface area (TPSA) is 125 Å². The molecule has 148 valence electrons. The molecule has 1 aliphatic carbocycles. The van der Waals surface area contributed by atoms with Crippen LogP contribution in [0.15, 0.2) is 33.7 Å². The number of amides is 1. The Labute approximate surface area is 168 Å². The van der Waals surface area contributed by atoms with Gasteiger partial charge in [-0.3, -0.25) is 4.79 Å². The summed E-state index contributed by atoms with van der Waals surface area (Å²) in [5, 5.41) is 19.0. The second-order valence-corrected chi connectivity index (χ2v) is 7.72. The fraction of sp³-hybridized carbons (Fsp3) is 0.333. The molecular weight excluding hydrogens is 394 g/mol. The number of furan rings is 1. The number of hydrogen-bond acceptors (Lipinski definition) is 9. The van der Waals surface area contributed by atoms with Gasteiger partial charge in [0.25, 0.3) is 5.91 Å². The molecule has 0 saturated heterocycles. The molecule has 0 bridgehead atoms. The molecule has 0 aliphatic heterocycles. The van der Waals surface area contributed by atoms with Crippen molar-refractivity contribution in [1.82, 2.24) is 35.7 Å². The Balaban J connectivity index is 1.22. The highest BCUT2D eigenvalue weighted by Gasteiger charge is 2.27. The van der Waals surface area contributed by atoms with Crippen molar-refractivity contribution >= 4 is 17.2 Å². The molecule has 0 spiro atoms. The van der Waals surface area contributed by atoms with Crippen molar-refractivity contribution in [2.75, 3.05) is 6.54 Å². The number of nitrogens with one attached hydrogen (secondary N) is 1. The summed E-state index contributed by atoms with van der Waals surface area (Å²) in [6.07, 6.45) is 7.31. The quantitative estimate of drug-likeness (QED) is 0.459. The lowest BCUT2D eigenvalue weighted by atomic mass is 10.1. The van der Waals surface area contributed by atoms with E-state index in [2.05, 4.69) is 31.0 Å². The average Bonchev–Trinajstić information content (AvgIpc) is 3.50. The van der Waals surface area contributed by atoms with E-state index in [4.69, 9.17) is 8.94 Å². The van der Waals surface area contributed by atoms with Crippen molar-refractivity contribution in [3.63, 3.8) is 0 Å². The molecule has 0 radical (unpaired) electrons. The van der Waals surface area contributed by atoms with Crippen LogP contribution >= 0.6 is 11.3 Å². The van der Waals surface area contributed by atoms with Gasteiger partial charge in [0, 0.05) is 17.8 Å². The lowest BCUT2D eigenvalue weighted by Gasteiger charge is -2.07. The third-order valence-electron chi connectivity index (χ3n) is 4.75. The van der Waals surface area contributed by atoms with Crippen LogP contribution in [0.3, 0.4) is 0 Å². The Morgan fingerprint density at radius 2 is 2.31 bits per heavy atom. The van der Waals surface area contributed by atoms with Crippen molar-refractivity contribution in [1.29, 1.82) is 0 Å². The number of hydrogen-bond donors (Lipinski definition) is 1. The predicted octanol–water partition coefficient (Wildman–Crippen LogP) is 2.22. The number of rotatable bonds is 7. The zero-order chi connectivity index (χ0) is 19.6. The van der Waals surface area contributed by atoms with E-state index < -0.39 is 0 Å². The fourth-order valence-electron chi connectivity index (χ4n) is 3.43. The minimum atomic E-state index is -0.100. The number of fused-ring (bicyclic) bond motifs is 1. The highest BCUT2D eigenvalue weighted by molar-refractivity contribution is 7.15. The highest BCUT2D eigenvalue weighted by atomic mass is 32.1. The molecule has 5 rings (SSSR count). The zero-order valence-corrected chi connectivity index (χ0v) is 16.2. The van der Waals surface area contributed by atoms with Crippen molar-refractivity contribution in [2.24, 2.45) is 0 Å². The van der Waals surface area contributed by atoms with Gasteiger partial charge in [0.2, 0.25) is 11.7 Å². The third kappa shape index (κ3) is 3.44.